The van der Waals surface area contributed by atoms with Crippen LogP contribution in [0.1, 0.15) is 20.8 Å². The molecule has 3 heteroatoms. The number of Topliss-reactive ketones (excluding diaryl/α,β-unsaturated/α-hetero) is 1. The molecule has 0 unspecified atom stereocenters. The molecule has 1 aliphatic rings. The number of rotatable bonds is 1. The van der Waals surface area contributed by atoms with Gasteiger partial charge in [-0.3, -0.25) is 4.79 Å². The fourth-order valence-electron chi connectivity index (χ4n) is 1.27. The third-order valence-electron chi connectivity index (χ3n) is 2.72. The van der Waals surface area contributed by atoms with E-state index in [-0.39, 0.29) is 11.5 Å². The van der Waals surface area contributed by atoms with Gasteiger partial charge in [0.1, 0.15) is 18.1 Å². The molecule has 0 saturated heterocycles. The highest BCUT2D eigenvalue weighted by Crippen LogP contribution is 2.30. The zero-order valence-electron chi connectivity index (χ0n) is 11.9. The second kappa shape index (κ2) is 7.31. The molecule has 0 radical (unpaired) electrons. The predicted octanol–water partition coefficient (Wildman–Crippen LogP) is 1.52. The zero-order valence-corrected chi connectivity index (χ0v) is 11.9. The molecule has 0 N–H and O–H groups in total. The summed E-state index contributed by atoms with van der Waals surface area (Å²) in [5, 5.41) is 0. The Labute approximate surface area is 124 Å². The molecule has 21 heavy (non-hydrogen) atoms. The molecule has 0 bridgehead atoms. The molecule has 0 aromatic heterocycles. The number of aliphatic imine (C=N–C) groups is 1. The van der Waals surface area contributed by atoms with Crippen molar-refractivity contribution >= 4 is 11.5 Å². The topological polar surface area (TPSA) is 38.7 Å². The Morgan fingerprint density at radius 3 is 2.19 bits per heavy atom. The standard InChI is InChI=1S/C18H11NO2/c1-5-6-7-8-9-10-11-12-13-21-14-16-17(20)18(3,4)15(2)19-16/h1,14H,2-4H3. The molecule has 1 aliphatic heterocycles. The molecule has 0 atom stereocenters. The molecule has 3 nitrogen and oxygen atoms in total. The van der Waals surface area contributed by atoms with Gasteiger partial charge in [-0.2, -0.15) is 0 Å². The third kappa shape index (κ3) is 4.37. The highest BCUT2D eigenvalue weighted by Gasteiger charge is 2.38. The molecule has 0 aromatic rings. The van der Waals surface area contributed by atoms with Crippen molar-refractivity contribution in [1.82, 2.24) is 0 Å². The van der Waals surface area contributed by atoms with Gasteiger partial charge in [0.15, 0.2) is 5.78 Å². The first-order valence-electron chi connectivity index (χ1n) is 5.92. The van der Waals surface area contributed by atoms with Gasteiger partial charge in [0.2, 0.25) is 0 Å². The number of ether oxygens (including phenoxy) is 1. The zero-order chi connectivity index (χ0) is 15.7. The van der Waals surface area contributed by atoms with Gasteiger partial charge in [-0.15, -0.1) is 6.42 Å². The van der Waals surface area contributed by atoms with Gasteiger partial charge in [0.05, 0.1) is 5.41 Å². The summed E-state index contributed by atoms with van der Waals surface area (Å²) in [5.74, 6) is 18.9. The lowest BCUT2D eigenvalue weighted by Crippen LogP contribution is -2.26. The molecule has 0 fully saturated rings. The Morgan fingerprint density at radius 2 is 1.67 bits per heavy atom. The van der Waals surface area contributed by atoms with Crippen molar-refractivity contribution in [3.05, 3.63) is 12.0 Å². The summed E-state index contributed by atoms with van der Waals surface area (Å²) >= 11 is 0. The van der Waals surface area contributed by atoms with Crippen molar-refractivity contribution in [3.63, 3.8) is 0 Å². The number of terminal acetylenes is 1. The molecule has 100 valence electrons. The number of carbonyl (C=O) groups is 1. The van der Waals surface area contributed by atoms with Crippen LogP contribution in [0.25, 0.3) is 0 Å². The van der Waals surface area contributed by atoms with Crippen molar-refractivity contribution in [2.24, 2.45) is 10.4 Å². The van der Waals surface area contributed by atoms with E-state index in [4.69, 9.17) is 11.2 Å². The second-order valence-electron chi connectivity index (χ2n) is 4.39. The number of nitrogens with zero attached hydrogens (tertiary/aromatic N) is 1. The van der Waals surface area contributed by atoms with Crippen LogP contribution >= 0.6 is 0 Å². The first-order valence-corrected chi connectivity index (χ1v) is 5.92. The molecule has 0 aliphatic carbocycles. The first-order chi connectivity index (χ1) is 10.00. The van der Waals surface area contributed by atoms with Crippen molar-refractivity contribution in [2.45, 2.75) is 20.8 Å². The van der Waals surface area contributed by atoms with Crippen molar-refractivity contribution in [3.8, 4) is 59.9 Å². The normalized spacial score (nSPS) is 15.6. The minimum atomic E-state index is -0.586. The fourth-order valence-corrected chi connectivity index (χ4v) is 1.27. The molecular weight excluding hydrogens is 262 g/mol. The fraction of sp³-hybridized carbons (Fsp3) is 0.222. The van der Waals surface area contributed by atoms with Crippen LogP contribution < -0.4 is 0 Å². The summed E-state index contributed by atoms with van der Waals surface area (Å²) in [7, 11) is 0. The van der Waals surface area contributed by atoms with Gasteiger partial charge in [0, 0.05) is 29.4 Å². The minimum absolute atomic E-state index is 0.0918. The van der Waals surface area contributed by atoms with E-state index in [0.717, 1.165) is 5.71 Å². The van der Waals surface area contributed by atoms with Gasteiger partial charge < -0.3 is 4.74 Å². The Morgan fingerprint density at radius 1 is 1.10 bits per heavy atom. The lowest BCUT2D eigenvalue weighted by Gasteiger charge is -2.13. The van der Waals surface area contributed by atoms with Gasteiger partial charge in [-0.25, -0.2) is 4.99 Å². The van der Waals surface area contributed by atoms with E-state index in [9.17, 15) is 4.79 Å². The van der Waals surface area contributed by atoms with Crippen molar-refractivity contribution < 1.29 is 9.53 Å². The van der Waals surface area contributed by atoms with E-state index in [1.54, 1.807) is 6.92 Å². The number of hydrogen-bond acceptors (Lipinski definition) is 3. The predicted molar refractivity (Wildman–Crippen MR) is 81.0 cm³/mol. The minimum Gasteiger partial charge on any atom is -0.412 e. The molecule has 1 rings (SSSR count). The average Bonchev–Trinajstić information content (AvgIpc) is 2.64. The number of allylic oxidation sites excluding steroid dienone is 1. The average molecular weight is 273 g/mol. The van der Waals surface area contributed by atoms with Crippen LogP contribution in [0.15, 0.2) is 17.0 Å². The highest BCUT2D eigenvalue weighted by molar-refractivity contribution is 6.20. The van der Waals surface area contributed by atoms with Crippen LogP contribution in [0.3, 0.4) is 0 Å². The Kier molecular flexibility index (Phi) is 5.48. The van der Waals surface area contributed by atoms with Gasteiger partial charge in [-0.1, -0.05) is 0 Å². The summed E-state index contributed by atoms with van der Waals surface area (Å²) in [4.78, 5) is 16.1. The Balaban J connectivity index is 2.60. The van der Waals surface area contributed by atoms with E-state index < -0.39 is 5.41 Å². The van der Waals surface area contributed by atoms with Crippen LogP contribution in [0.2, 0.25) is 0 Å². The van der Waals surface area contributed by atoms with E-state index in [2.05, 4.69) is 58.5 Å². The van der Waals surface area contributed by atoms with Gasteiger partial charge in [-0.05, 0) is 44.5 Å². The summed E-state index contributed by atoms with van der Waals surface area (Å²) < 4.78 is 4.92. The first kappa shape index (κ1) is 15.7. The smallest absolute Gasteiger partial charge is 0.195 e. The molecular formula is C18H11NO2. The summed E-state index contributed by atoms with van der Waals surface area (Å²) in [6.45, 7) is 5.43. The largest absolute Gasteiger partial charge is 0.412 e. The third-order valence-corrected chi connectivity index (χ3v) is 2.72. The lowest BCUT2D eigenvalue weighted by atomic mass is 9.85. The molecule has 0 amide bonds. The Hall–Kier alpha value is -3.32. The van der Waals surface area contributed by atoms with Crippen molar-refractivity contribution in [2.75, 3.05) is 0 Å². The summed E-state index contributed by atoms with van der Waals surface area (Å²) in [5.41, 5.74) is 0.416. The van der Waals surface area contributed by atoms with Gasteiger partial charge in [0.25, 0.3) is 0 Å². The maximum absolute atomic E-state index is 11.9. The molecule has 0 saturated carbocycles. The summed E-state index contributed by atoms with van der Waals surface area (Å²) in [6, 6.07) is 0. The lowest BCUT2D eigenvalue weighted by molar-refractivity contribution is -0.119. The van der Waals surface area contributed by atoms with Crippen LogP contribution in [0.5, 0.6) is 0 Å². The monoisotopic (exact) mass is 273 g/mol. The molecule has 1 heterocycles. The molecule has 0 spiro atoms. The number of ketones is 1. The maximum Gasteiger partial charge on any atom is 0.195 e. The SMILES string of the molecule is C#CC#CC#CC#CC#COC=C1N=C(C)C(C)(C)C1=O. The van der Waals surface area contributed by atoms with Crippen LogP contribution in [0, 0.1) is 65.3 Å². The van der Waals surface area contributed by atoms with Gasteiger partial charge >= 0.3 is 0 Å². The summed E-state index contributed by atoms with van der Waals surface area (Å²) in [6.07, 6.45) is 8.45. The van der Waals surface area contributed by atoms with Crippen molar-refractivity contribution in [1.29, 1.82) is 0 Å². The quantitative estimate of drug-likeness (QED) is 0.413. The molecule has 0 aromatic carbocycles. The van der Waals surface area contributed by atoms with E-state index in [1.807, 2.05) is 13.8 Å². The second-order valence-corrected chi connectivity index (χ2v) is 4.39. The van der Waals surface area contributed by atoms with E-state index in [0.29, 0.717) is 0 Å². The number of carbonyl (C=O) groups excluding carboxylic acids is 1. The van der Waals surface area contributed by atoms with Crippen LogP contribution in [-0.2, 0) is 9.53 Å². The number of hydrogen-bond donors (Lipinski definition) is 0. The van der Waals surface area contributed by atoms with E-state index >= 15 is 0 Å². The van der Waals surface area contributed by atoms with Crippen LogP contribution in [0.4, 0.5) is 0 Å². The van der Waals surface area contributed by atoms with E-state index in [1.165, 1.54) is 6.26 Å². The van der Waals surface area contributed by atoms with Crippen LogP contribution in [-0.4, -0.2) is 11.5 Å². The highest BCUT2D eigenvalue weighted by atomic mass is 16.5. The Bertz CT molecular complexity index is 802. The maximum atomic E-state index is 11.9.